The molecule has 0 radical (unpaired) electrons. The highest BCUT2D eigenvalue weighted by Crippen LogP contribution is 2.33. The Morgan fingerprint density at radius 1 is 1.07 bits per heavy atom. The van der Waals surface area contributed by atoms with Gasteiger partial charge in [-0.1, -0.05) is 54.6 Å². The van der Waals surface area contributed by atoms with Crippen LogP contribution in [0.5, 0.6) is 5.75 Å². The van der Waals surface area contributed by atoms with E-state index in [4.69, 9.17) is 4.74 Å². The molecule has 0 saturated carbocycles. The van der Waals surface area contributed by atoms with Gasteiger partial charge in [0.25, 0.3) is 5.91 Å². The van der Waals surface area contributed by atoms with Gasteiger partial charge in [-0.05, 0) is 47.9 Å². The summed E-state index contributed by atoms with van der Waals surface area (Å²) in [7, 11) is 0. The van der Waals surface area contributed by atoms with E-state index >= 15 is 0 Å². The van der Waals surface area contributed by atoms with Gasteiger partial charge in [-0.3, -0.25) is 9.69 Å². The summed E-state index contributed by atoms with van der Waals surface area (Å²) in [6.45, 7) is 3.48. The van der Waals surface area contributed by atoms with Gasteiger partial charge in [0.2, 0.25) is 0 Å². The number of carbonyl (C=O) groups is 2. The quantitative estimate of drug-likeness (QED) is 0.618. The first-order chi connectivity index (χ1) is 14.4. The Hall–Kier alpha value is -3.38. The molecule has 2 unspecified atom stereocenters. The predicted molar refractivity (Wildman–Crippen MR) is 114 cm³/mol. The molecule has 0 spiro atoms. The summed E-state index contributed by atoms with van der Waals surface area (Å²) in [6.07, 6.45) is -1.00. The number of nitrogens with zero attached hydrogens (tertiary/aromatic N) is 1. The summed E-state index contributed by atoms with van der Waals surface area (Å²) >= 11 is 0. The zero-order valence-corrected chi connectivity index (χ0v) is 17.0. The van der Waals surface area contributed by atoms with Crippen LogP contribution in [0.4, 0.5) is 4.79 Å². The third kappa shape index (κ3) is 3.62. The Labute approximate surface area is 175 Å². The number of carbonyl (C=O) groups excluding carboxylic acids is 2. The second-order valence-corrected chi connectivity index (χ2v) is 7.78. The lowest BCUT2D eigenvalue weighted by molar-refractivity contribution is -0.132. The third-order valence-electron chi connectivity index (χ3n) is 5.43. The molecule has 30 heavy (non-hydrogen) atoms. The highest BCUT2D eigenvalue weighted by molar-refractivity contribution is 6.09. The van der Waals surface area contributed by atoms with Gasteiger partial charge in [0.1, 0.15) is 24.0 Å². The number of aliphatic hydroxyl groups excluding tert-OH is 1. The van der Waals surface area contributed by atoms with Crippen molar-refractivity contribution in [1.82, 2.24) is 10.2 Å². The number of hydrogen-bond donors (Lipinski definition) is 2. The Morgan fingerprint density at radius 3 is 2.60 bits per heavy atom. The Morgan fingerprint density at radius 2 is 1.80 bits per heavy atom. The van der Waals surface area contributed by atoms with E-state index in [1.165, 1.54) is 0 Å². The Kier molecular flexibility index (Phi) is 5.18. The number of aryl methyl sites for hydroxylation is 1. The number of ether oxygens (including phenoxy) is 1. The second-order valence-electron chi connectivity index (χ2n) is 7.78. The molecule has 1 saturated heterocycles. The van der Waals surface area contributed by atoms with E-state index in [0.29, 0.717) is 5.75 Å². The zero-order valence-electron chi connectivity index (χ0n) is 17.0. The molecule has 1 heterocycles. The molecule has 0 aliphatic carbocycles. The fourth-order valence-electron chi connectivity index (χ4n) is 3.87. The maximum Gasteiger partial charge on any atom is 0.325 e. The minimum atomic E-state index is -1.20. The predicted octanol–water partition coefficient (Wildman–Crippen LogP) is 3.36. The van der Waals surface area contributed by atoms with Crippen molar-refractivity contribution in [2.45, 2.75) is 25.5 Å². The lowest BCUT2D eigenvalue weighted by Crippen LogP contribution is -2.43. The van der Waals surface area contributed by atoms with Crippen molar-refractivity contribution in [2.75, 3.05) is 13.2 Å². The number of hydrogen-bond acceptors (Lipinski definition) is 4. The highest BCUT2D eigenvalue weighted by Gasteiger charge is 2.49. The molecule has 6 heteroatoms. The molecule has 3 aromatic carbocycles. The van der Waals surface area contributed by atoms with Crippen LogP contribution in [0.1, 0.15) is 18.1 Å². The van der Waals surface area contributed by atoms with E-state index in [2.05, 4.69) is 5.32 Å². The normalized spacial score (nSPS) is 19.8. The largest absolute Gasteiger partial charge is 0.491 e. The number of benzene rings is 3. The molecule has 1 aliphatic rings. The molecular formula is C24H24N2O4. The number of rotatable bonds is 6. The lowest BCUT2D eigenvalue weighted by atomic mass is 9.88. The molecule has 3 aromatic rings. The minimum Gasteiger partial charge on any atom is -0.491 e. The SMILES string of the molecule is Cc1cccc(OCC(O)CN2C(=O)NC(C)(c3cccc4ccccc34)C2=O)c1. The number of β-amino-alcohol motifs (C(OH)–C–C–N with tert-alkyl or cyclic N) is 1. The fraction of sp³-hybridized carbons (Fsp3) is 0.250. The summed E-state index contributed by atoms with van der Waals surface area (Å²) in [5, 5.41) is 15.1. The second kappa shape index (κ2) is 7.80. The molecule has 1 fully saturated rings. The van der Waals surface area contributed by atoms with Gasteiger partial charge >= 0.3 is 6.03 Å². The first-order valence-electron chi connectivity index (χ1n) is 9.88. The van der Waals surface area contributed by atoms with Crippen LogP contribution in [-0.2, 0) is 10.3 Å². The summed E-state index contributed by atoms with van der Waals surface area (Å²) in [5.41, 5.74) is 0.573. The van der Waals surface area contributed by atoms with Gasteiger partial charge in [0.15, 0.2) is 0 Å². The van der Waals surface area contributed by atoms with E-state index in [1.807, 2.05) is 67.6 Å². The zero-order chi connectivity index (χ0) is 21.3. The molecule has 6 nitrogen and oxygen atoms in total. The molecule has 3 amide bonds. The van der Waals surface area contributed by atoms with Gasteiger partial charge in [-0.15, -0.1) is 0 Å². The van der Waals surface area contributed by atoms with E-state index in [0.717, 1.165) is 26.8 Å². The van der Waals surface area contributed by atoms with Crippen LogP contribution in [0.15, 0.2) is 66.7 Å². The summed E-state index contributed by atoms with van der Waals surface area (Å²) in [6, 6.07) is 20.4. The lowest BCUT2D eigenvalue weighted by Gasteiger charge is -2.24. The van der Waals surface area contributed by atoms with Crippen molar-refractivity contribution in [3.8, 4) is 5.75 Å². The van der Waals surface area contributed by atoms with Crippen molar-refractivity contribution in [3.05, 3.63) is 77.9 Å². The summed E-state index contributed by atoms with van der Waals surface area (Å²) in [4.78, 5) is 26.9. The number of imide groups is 1. The van der Waals surface area contributed by atoms with Crippen molar-refractivity contribution in [1.29, 1.82) is 0 Å². The molecule has 1 aliphatic heterocycles. The Balaban J connectivity index is 1.51. The first-order valence-corrected chi connectivity index (χ1v) is 9.88. The van der Waals surface area contributed by atoms with Gasteiger partial charge in [0, 0.05) is 0 Å². The van der Waals surface area contributed by atoms with Crippen LogP contribution < -0.4 is 10.1 Å². The van der Waals surface area contributed by atoms with Crippen molar-refractivity contribution in [2.24, 2.45) is 0 Å². The Bertz CT molecular complexity index is 1110. The molecule has 0 bridgehead atoms. The van der Waals surface area contributed by atoms with Gasteiger partial charge in [-0.2, -0.15) is 0 Å². The van der Waals surface area contributed by atoms with E-state index in [-0.39, 0.29) is 13.2 Å². The maximum atomic E-state index is 13.2. The van der Waals surface area contributed by atoms with Crippen LogP contribution in [0.2, 0.25) is 0 Å². The van der Waals surface area contributed by atoms with E-state index < -0.39 is 23.6 Å². The first kappa shape index (κ1) is 19.9. The summed E-state index contributed by atoms with van der Waals surface area (Å²) in [5.74, 6) is 0.241. The molecule has 2 N–H and O–H groups in total. The van der Waals surface area contributed by atoms with Crippen molar-refractivity contribution in [3.63, 3.8) is 0 Å². The minimum absolute atomic E-state index is 0.0223. The topological polar surface area (TPSA) is 78.9 Å². The van der Waals surface area contributed by atoms with E-state index in [9.17, 15) is 14.7 Å². The third-order valence-corrected chi connectivity index (χ3v) is 5.43. The van der Waals surface area contributed by atoms with Gasteiger partial charge < -0.3 is 15.2 Å². The summed E-state index contributed by atoms with van der Waals surface area (Å²) < 4.78 is 5.60. The highest BCUT2D eigenvalue weighted by atomic mass is 16.5. The standard InChI is InChI=1S/C24H24N2O4/c1-16-7-5-10-19(13-16)30-15-18(27)14-26-22(28)24(2,25-23(26)29)21-12-6-9-17-8-3-4-11-20(17)21/h3-13,18,27H,14-15H2,1-2H3,(H,25,29). The van der Waals surface area contributed by atoms with Crippen molar-refractivity contribution >= 4 is 22.7 Å². The molecule has 2 atom stereocenters. The van der Waals surface area contributed by atoms with Gasteiger partial charge in [0.05, 0.1) is 6.54 Å². The van der Waals surface area contributed by atoms with Crippen LogP contribution in [0.3, 0.4) is 0 Å². The van der Waals surface area contributed by atoms with Gasteiger partial charge in [-0.25, -0.2) is 4.79 Å². The number of amides is 3. The molecule has 0 aromatic heterocycles. The van der Waals surface area contributed by atoms with Crippen LogP contribution in [-0.4, -0.2) is 41.2 Å². The van der Waals surface area contributed by atoms with Crippen molar-refractivity contribution < 1.29 is 19.4 Å². The molecular weight excluding hydrogens is 380 g/mol. The van der Waals surface area contributed by atoms with Crippen LogP contribution in [0, 0.1) is 6.92 Å². The number of urea groups is 1. The number of nitrogens with one attached hydrogen (secondary N) is 1. The van der Waals surface area contributed by atoms with E-state index in [1.54, 1.807) is 13.0 Å². The van der Waals surface area contributed by atoms with Crippen LogP contribution >= 0.6 is 0 Å². The average Bonchev–Trinajstić information content (AvgIpc) is 2.95. The maximum absolute atomic E-state index is 13.2. The number of fused-ring (bicyclic) bond motifs is 1. The number of aliphatic hydroxyl groups is 1. The molecule has 154 valence electrons. The van der Waals surface area contributed by atoms with Crippen LogP contribution in [0.25, 0.3) is 10.8 Å². The smallest absolute Gasteiger partial charge is 0.325 e. The monoisotopic (exact) mass is 404 g/mol. The fourth-order valence-corrected chi connectivity index (χ4v) is 3.87. The average molecular weight is 404 g/mol. The molecule has 4 rings (SSSR count).